The van der Waals surface area contributed by atoms with Gasteiger partial charge in [0.15, 0.2) is 0 Å². The highest BCUT2D eigenvalue weighted by Gasteiger charge is 2.36. The molecule has 0 bridgehead atoms. The van der Waals surface area contributed by atoms with E-state index in [-0.39, 0.29) is 4.75 Å². The molecule has 10 heavy (non-hydrogen) atoms. The van der Waals surface area contributed by atoms with Gasteiger partial charge in [-0.3, -0.25) is 0 Å². The first-order valence-corrected chi connectivity index (χ1v) is 3.96. The second-order valence-corrected chi connectivity index (χ2v) is 4.36. The van der Waals surface area contributed by atoms with Crippen molar-refractivity contribution in [1.82, 2.24) is 0 Å². The number of hydrogen-bond acceptors (Lipinski definition) is 3. The average molecular weight is 173 g/mol. The van der Waals surface area contributed by atoms with Crippen molar-refractivity contribution in [1.29, 1.82) is 0 Å². The molecule has 1 rings (SSSR count). The summed E-state index contributed by atoms with van der Waals surface area (Å²) >= 11 is 8.62. The van der Waals surface area contributed by atoms with Crippen LogP contribution in [0, 0.1) is 0 Å². The standard InChI is InChI=1S/C7H11NS2/c1-6(9)4-2-3-5-7(6,8)10/h2-5,9-10H,8H2,1H3. The van der Waals surface area contributed by atoms with E-state index in [0.29, 0.717) is 0 Å². The molecule has 0 aromatic heterocycles. The monoisotopic (exact) mass is 173 g/mol. The molecule has 0 saturated heterocycles. The highest BCUT2D eigenvalue weighted by molar-refractivity contribution is 7.86. The molecule has 0 amide bonds. The minimum absolute atomic E-state index is 0.356. The molecule has 1 nitrogen and oxygen atoms in total. The quantitative estimate of drug-likeness (QED) is 0.374. The summed E-state index contributed by atoms with van der Waals surface area (Å²) in [6, 6.07) is 0. The van der Waals surface area contributed by atoms with E-state index < -0.39 is 4.87 Å². The molecule has 0 saturated carbocycles. The zero-order valence-corrected chi connectivity index (χ0v) is 7.57. The van der Waals surface area contributed by atoms with E-state index in [9.17, 15) is 0 Å². The maximum atomic E-state index is 5.81. The van der Waals surface area contributed by atoms with Crippen LogP contribution >= 0.6 is 25.3 Å². The predicted molar refractivity (Wildman–Crippen MR) is 51.6 cm³/mol. The molecule has 0 aliphatic heterocycles. The van der Waals surface area contributed by atoms with Crippen LogP contribution in [0.5, 0.6) is 0 Å². The Morgan fingerprint density at radius 1 is 1.20 bits per heavy atom. The Morgan fingerprint density at radius 2 is 1.70 bits per heavy atom. The molecule has 0 aromatic rings. The Kier molecular flexibility index (Phi) is 1.92. The highest BCUT2D eigenvalue weighted by atomic mass is 32.1. The summed E-state index contributed by atoms with van der Waals surface area (Å²) in [7, 11) is 0. The third kappa shape index (κ3) is 1.26. The minimum Gasteiger partial charge on any atom is -0.312 e. The van der Waals surface area contributed by atoms with Gasteiger partial charge in [0.1, 0.15) is 0 Å². The fourth-order valence-electron chi connectivity index (χ4n) is 0.747. The van der Waals surface area contributed by atoms with Crippen LogP contribution in [0.3, 0.4) is 0 Å². The van der Waals surface area contributed by atoms with Crippen LogP contribution < -0.4 is 5.73 Å². The average Bonchev–Trinajstić information content (AvgIpc) is 1.77. The molecule has 0 fully saturated rings. The van der Waals surface area contributed by atoms with Gasteiger partial charge in [0.25, 0.3) is 0 Å². The van der Waals surface area contributed by atoms with Gasteiger partial charge in [-0.2, -0.15) is 25.3 Å². The Morgan fingerprint density at radius 3 is 2.00 bits per heavy atom. The zero-order chi connectivity index (χ0) is 7.83. The second-order valence-electron chi connectivity index (χ2n) is 2.69. The zero-order valence-electron chi connectivity index (χ0n) is 5.78. The number of nitrogens with two attached hydrogens (primary N) is 1. The van der Waals surface area contributed by atoms with E-state index in [1.54, 1.807) is 0 Å². The van der Waals surface area contributed by atoms with Crippen LogP contribution in [0.2, 0.25) is 0 Å². The fraction of sp³-hybridized carbons (Fsp3) is 0.429. The van der Waals surface area contributed by atoms with Crippen molar-refractivity contribution < 1.29 is 0 Å². The summed E-state index contributed by atoms with van der Waals surface area (Å²) in [4.78, 5) is -0.634. The van der Waals surface area contributed by atoms with E-state index in [2.05, 4.69) is 25.3 Å². The Balaban J connectivity index is 2.96. The molecule has 56 valence electrons. The van der Waals surface area contributed by atoms with Crippen molar-refractivity contribution in [3.8, 4) is 0 Å². The second kappa shape index (κ2) is 2.32. The molecule has 0 radical (unpaired) electrons. The maximum Gasteiger partial charge on any atom is 0.0960 e. The van der Waals surface area contributed by atoms with Crippen molar-refractivity contribution in [2.75, 3.05) is 0 Å². The number of allylic oxidation sites excluding steroid dienone is 2. The van der Waals surface area contributed by atoms with E-state index in [1.165, 1.54) is 0 Å². The predicted octanol–water partition coefficient (Wildman–Crippen LogP) is 1.39. The molecule has 3 heteroatoms. The van der Waals surface area contributed by atoms with E-state index in [4.69, 9.17) is 5.73 Å². The Hall–Kier alpha value is 0.140. The van der Waals surface area contributed by atoms with Crippen molar-refractivity contribution >= 4 is 25.3 Å². The van der Waals surface area contributed by atoms with Gasteiger partial charge >= 0.3 is 0 Å². The highest BCUT2D eigenvalue weighted by Crippen LogP contribution is 2.34. The summed E-state index contributed by atoms with van der Waals surface area (Å²) in [6.45, 7) is 1.93. The molecule has 2 atom stereocenters. The topological polar surface area (TPSA) is 26.0 Å². The van der Waals surface area contributed by atoms with Crippen LogP contribution in [0.1, 0.15) is 6.92 Å². The summed E-state index contributed by atoms with van der Waals surface area (Å²) in [5.41, 5.74) is 5.81. The van der Waals surface area contributed by atoms with Gasteiger partial charge in [-0.1, -0.05) is 24.3 Å². The lowest BCUT2D eigenvalue weighted by molar-refractivity contribution is 0.632. The lowest BCUT2D eigenvalue weighted by Crippen LogP contribution is -2.49. The maximum absolute atomic E-state index is 5.81. The normalized spacial score (nSPS) is 46.0. The summed E-state index contributed by atoms with van der Waals surface area (Å²) < 4.78 is -0.356. The number of hydrogen-bond donors (Lipinski definition) is 3. The SMILES string of the molecule is CC1(S)C=CC=CC1(N)S. The minimum atomic E-state index is -0.634. The van der Waals surface area contributed by atoms with Crippen LogP contribution in [-0.2, 0) is 0 Å². The number of rotatable bonds is 0. The van der Waals surface area contributed by atoms with Gasteiger partial charge in [0.05, 0.1) is 9.62 Å². The molecule has 1 aliphatic rings. The fourth-order valence-corrected chi connectivity index (χ4v) is 1.07. The lowest BCUT2D eigenvalue weighted by atomic mass is 9.96. The lowest BCUT2D eigenvalue weighted by Gasteiger charge is -2.36. The van der Waals surface area contributed by atoms with E-state index in [0.717, 1.165) is 0 Å². The smallest absolute Gasteiger partial charge is 0.0960 e. The van der Waals surface area contributed by atoms with E-state index >= 15 is 0 Å². The molecule has 1 aliphatic carbocycles. The van der Waals surface area contributed by atoms with Crippen molar-refractivity contribution in [3.63, 3.8) is 0 Å². The van der Waals surface area contributed by atoms with Crippen LogP contribution in [0.4, 0.5) is 0 Å². The molecule has 0 heterocycles. The van der Waals surface area contributed by atoms with Crippen LogP contribution in [0.25, 0.3) is 0 Å². The largest absolute Gasteiger partial charge is 0.312 e. The summed E-state index contributed by atoms with van der Waals surface area (Å²) in [6.07, 6.45) is 7.57. The molecule has 2 N–H and O–H groups in total. The number of thiol groups is 2. The Bertz CT molecular complexity index is 170. The first-order valence-electron chi connectivity index (χ1n) is 3.06. The van der Waals surface area contributed by atoms with Crippen molar-refractivity contribution in [2.45, 2.75) is 16.5 Å². The molecule has 0 spiro atoms. The first kappa shape index (κ1) is 8.24. The Labute approximate surface area is 72.2 Å². The summed E-state index contributed by atoms with van der Waals surface area (Å²) in [5.74, 6) is 0. The van der Waals surface area contributed by atoms with Crippen molar-refractivity contribution in [2.24, 2.45) is 5.73 Å². The van der Waals surface area contributed by atoms with E-state index in [1.807, 2.05) is 31.2 Å². The molecule has 2 unspecified atom stereocenters. The van der Waals surface area contributed by atoms with Gasteiger partial charge < -0.3 is 5.73 Å². The molecular weight excluding hydrogens is 162 g/mol. The van der Waals surface area contributed by atoms with Crippen LogP contribution in [0.15, 0.2) is 24.3 Å². The van der Waals surface area contributed by atoms with Gasteiger partial charge in [-0.05, 0) is 6.92 Å². The van der Waals surface area contributed by atoms with Gasteiger partial charge in [-0.25, -0.2) is 0 Å². The third-order valence-corrected chi connectivity index (χ3v) is 3.00. The molecular formula is C7H11NS2. The third-order valence-electron chi connectivity index (χ3n) is 1.69. The first-order chi connectivity index (χ1) is 4.46. The van der Waals surface area contributed by atoms with Gasteiger partial charge in [0, 0.05) is 0 Å². The summed E-state index contributed by atoms with van der Waals surface area (Å²) in [5, 5.41) is 0. The van der Waals surface area contributed by atoms with Crippen LogP contribution in [-0.4, -0.2) is 9.62 Å². The van der Waals surface area contributed by atoms with Gasteiger partial charge in [0.2, 0.25) is 0 Å². The molecule has 0 aromatic carbocycles. The van der Waals surface area contributed by atoms with Crippen molar-refractivity contribution in [3.05, 3.63) is 24.3 Å². The van der Waals surface area contributed by atoms with Gasteiger partial charge in [-0.15, -0.1) is 0 Å².